The highest BCUT2D eigenvalue weighted by atomic mass is 19.1. The predicted molar refractivity (Wildman–Crippen MR) is 78.7 cm³/mol. The highest BCUT2D eigenvalue weighted by Gasteiger charge is 2.30. The second-order valence-electron chi connectivity index (χ2n) is 4.65. The molecule has 2 nitrogen and oxygen atoms in total. The van der Waals surface area contributed by atoms with Crippen molar-refractivity contribution in [2.75, 3.05) is 11.4 Å². The number of anilines is 1. The zero-order valence-electron chi connectivity index (χ0n) is 11.1. The molecule has 3 heteroatoms. The van der Waals surface area contributed by atoms with Gasteiger partial charge >= 0.3 is 0 Å². The number of likely N-dealkylation sites (N-methyl/N-ethyl adjacent to an activating group) is 1. The first-order chi connectivity index (χ1) is 9.72. The van der Waals surface area contributed by atoms with Crippen LogP contribution in [0, 0.1) is 5.82 Å². The summed E-state index contributed by atoms with van der Waals surface area (Å²) in [4.78, 5) is 14.2. The lowest BCUT2D eigenvalue weighted by atomic mass is 10.0. The van der Waals surface area contributed by atoms with Crippen molar-refractivity contribution < 1.29 is 9.18 Å². The molecule has 1 heterocycles. The highest BCUT2D eigenvalue weighted by Crippen LogP contribution is 2.37. The number of nitrogens with zero attached hydrogens (tertiary/aromatic N) is 1. The van der Waals surface area contributed by atoms with Crippen LogP contribution in [0.25, 0.3) is 11.6 Å². The molecular formula is C17H14FNO. The molecule has 2 aromatic carbocycles. The third-order valence-corrected chi connectivity index (χ3v) is 3.48. The van der Waals surface area contributed by atoms with Gasteiger partial charge in [-0.2, -0.15) is 0 Å². The van der Waals surface area contributed by atoms with Gasteiger partial charge in [-0.15, -0.1) is 0 Å². The minimum Gasteiger partial charge on any atom is -0.308 e. The zero-order valence-corrected chi connectivity index (χ0v) is 11.1. The molecule has 0 atom stereocenters. The average molecular weight is 267 g/mol. The number of hydrogen-bond acceptors (Lipinski definition) is 1. The molecular weight excluding hydrogens is 253 g/mol. The summed E-state index contributed by atoms with van der Waals surface area (Å²) in [5.74, 6) is -0.391. The van der Waals surface area contributed by atoms with Crippen LogP contribution in [-0.2, 0) is 4.79 Å². The van der Waals surface area contributed by atoms with E-state index in [-0.39, 0.29) is 11.7 Å². The van der Waals surface area contributed by atoms with Gasteiger partial charge in [-0.1, -0.05) is 36.4 Å². The Balaban J connectivity index is 2.15. The van der Waals surface area contributed by atoms with E-state index < -0.39 is 0 Å². The first-order valence-electron chi connectivity index (χ1n) is 6.60. The number of hydrogen-bond donors (Lipinski definition) is 0. The molecule has 1 aliphatic heterocycles. The molecule has 100 valence electrons. The van der Waals surface area contributed by atoms with Crippen LogP contribution in [0.4, 0.5) is 10.1 Å². The zero-order chi connectivity index (χ0) is 14.1. The van der Waals surface area contributed by atoms with Crippen LogP contribution in [0.1, 0.15) is 18.1 Å². The van der Waals surface area contributed by atoms with Crippen LogP contribution in [0.2, 0.25) is 0 Å². The summed E-state index contributed by atoms with van der Waals surface area (Å²) in [5.41, 5.74) is 2.74. The minimum atomic E-state index is -0.319. The van der Waals surface area contributed by atoms with E-state index in [1.165, 1.54) is 6.07 Å². The SMILES string of the molecule is CCN1C(=O)/C(=C/c2ccccc2F)c2ccccc21. The summed E-state index contributed by atoms with van der Waals surface area (Å²) in [6, 6.07) is 14.1. The van der Waals surface area contributed by atoms with Gasteiger partial charge in [0.2, 0.25) is 0 Å². The molecule has 0 fully saturated rings. The molecule has 20 heavy (non-hydrogen) atoms. The fourth-order valence-corrected chi connectivity index (χ4v) is 2.51. The number of carbonyl (C=O) groups excluding carboxylic acids is 1. The summed E-state index contributed by atoms with van der Waals surface area (Å²) in [5, 5.41) is 0. The molecule has 2 aromatic rings. The Bertz CT molecular complexity index is 706. The summed E-state index contributed by atoms with van der Waals surface area (Å²) < 4.78 is 13.8. The molecule has 0 spiro atoms. The van der Waals surface area contributed by atoms with Gasteiger partial charge < -0.3 is 4.90 Å². The second-order valence-corrected chi connectivity index (χ2v) is 4.65. The Labute approximate surface area is 117 Å². The van der Waals surface area contributed by atoms with Crippen LogP contribution in [0.3, 0.4) is 0 Å². The number of carbonyl (C=O) groups is 1. The van der Waals surface area contributed by atoms with Gasteiger partial charge in [0.1, 0.15) is 5.82 Å². The molecule has 0 radical (unpaired) electrons. The van der Waals surface area contributed by atoms with E-state index in [4.69, 9.17) is 0 Å². The normalized spacial score (nSPS) is 15.8. The Morgan fingerprint density at radius 2 is 1.80 bits per heavy atom. The summed E-state index contributed by atoms with van der Waals surface area (Å²) in [6.07, 6.45) is 1.63. The molecule has 0 aromatic heterocycles. The van der Waals surface area contributed by atoms with Gasteiger partial charge in [-0.25, -0.2) is 4.39 Å². The van der Waals surface area contributed by atoms with E-state index >= 15 is 0 Å². The molecule has 0 N–H and O–H groups in total. The monoisotopic (exact) mass is 267 g/mol. The minimum absolute atomic E-state index is 0.0723. The third-order valence-electron chi connectivity index (χ3n) is 3.48. The number of rotatable bonds is 2. The number of amides is 1. The fourth-order valence-electron chi connectivity index (χ4n) is 2.51. The molecule has 3 rings (SSSR count). The van der Waals surface area contributed by atoms with Crippen LogP contribution in [0.5, 0.6) is 0 Å². The highest BCUT2D eigenvalue weighted by molar-refractivity contribution is 6.35. The summed E-state index contributed by atoms with van der Waals surface area (Å²) in [7, 11) is 0. The third kappa shape index (κ3) is 1.92. The van der Waals surface area contributed by atoms with Gasteiger partial charge in [-0.3, -0.25) is 4.79 Å². The van der Waals surface area contributed by atoms with Crippen molar-refractivity contribution in [3.63, 3.8) is 0 Å². The largest absolute Gasteiger partial charge is 0.308 e. The lowest BCUT2D eigenvalue weighted by Crippen LogP contribution is -2.25. The second kappa shape index (κ2) is 4.93. The molecule has 0 unspecified atom stereocenters. The molecule has 0 bridgehead atoms. The van der Waals surface area contributed by atoms with Crippen LogP contribution < -0.4 is 4.90 Å². The topological polar surface area (TPSA) is 20.3 Å². The van der Waals surface area contributed by atoms with Gasteiger partial charge in [0, 0.05) is 23.2 Å². The molecule has 0 saturated carbocycles. The predicted octanol–water partition coefficient (Wildman–Crippen LogP) is 3.73. The van der Waals surface area contributed by atoms with E-state index in [2.05, 4.69) is 0 Å². The Morgan fingerprint density at radius 1 is 1.10 bits per heavy atom. The standard InChI is InChI=1S/C17H14FNO/c1-2-19-16-10-6-4-8-13(16)14(17(19)20)11-12-7-3-5-9-15(12)18/h3-11H,2H2,1H3/b14-11+. The molecule has 1 aliphatic rings. The first kappa shape index (κ1) is 12.6. The molecule has 0 aliphatic carbocycles. The Hall–Kier alpha value is -2.42. The van der Waals surface area contributed by atoms with E-state index in [0.29, 0.717) is 17.7 Å². The number of fused-ring (bicyclic) bond motifs is 1. The van der Waals surface area contributed by atoms with E-state index in [1.807, 2.05) is 31.2 Å². The number of benzene rings is 2. The van der Waals surface area contributed by atoms with Gasteiger partial charge in [0.25, 0.3) is 5.91 Å². The van der Waals surface area contributed by atoms with Crippen molar-refractivity contribution in [3.05, 3.63) is 65.5 Å². The Kier molecular flexibility index (Phi) is 3.11. The van der Waals surface area contributed by atoms with Crippen molar-refractivity contribution >= 4 is 23.2 Å². The van der Waals surface area contributed by atoms with Crippen LogP contribution in [-0.4, -0.2) is 12.5 Å². The van der Waals surface area contributed by atoms with Crippen molar-refractivity contribution in [2.45, 2.75) is 6.92 Å². The Morgan fingerprint density at radius 3 is 2.55 bits per heavy atom. The van der Waals surface area contributed by atoms with Crippen LogP contribution in [0.15, 0.2) is 48.5 Å². The summed E-state index contributed by atoms with van der Waals surface area (Å²) in [6.45, 7) is 2.53. The lowest BCUT2D eigenvalue weighted by molar-refractivity contribution is -0.112. The maximum atomic E-state index is 13.8. The fraction of sp³-hybridized carbons (Fsp3) is 0.118. The van der Waals surface area contributed by atoms with Crippen molar-refractivity contribution in [3.8, 4) is 0 Å². The molecule has 1 amide bonds. The van der Waals surface area contributed by atoms with E-state index in [0.717, 1.165) is 11.3 Å². The lowest BCUT2D eigenvalue weighted by Gasteiger charge is -2.13. The van der Waals surface area contributed by atoms with Gasteiger partial charge in [0.15, 0.2) is 0 Å². The number of para-hydroxylation sites is 1. The maximum absolute atomic E-state index is 13.8. The first-order valence-corrected chi connectivity index (χ1v) is 6.60. The van der Waals surface area contributed by atoms with Gasteiger partial charge in [-0.05, 0) is 25.1 Å². The maximum Gasteiger partial charge on any atom is 0.258 e. The van der Waals surface area contributed by atoms with Crippen molar-refractivity contribution in [1.29, 1.82) is 0 Å². The number of halogens is 1. The van der Waals surface area contributed by atoms with Crippen LogP contribution >= 0.6 is 0 Å². The quantitative estimate of drug-likeness (QED) is 0.759. The average Bonchev–Trinajstić information content (AvgIpc) is 2.74. The van der Waals surface area contributed by atoms with Crippen molar-refractivity contribution in [2.24, 2.45) is 0 Å². The smallest absolute Gasteiger partial charge is 0.258 e. The molecule has 0 saturated heterocycles. The summed E-state index contributed by atoms with van der Waals surface area (Å²) >= 11 is 0. The van der Waals surface area contributed by atoms with E-state index in [1.54, 1.807) is 29.2 Å². The van der Waals surface area contributed by atoms with E-state index in [9.17, 15) is 9.18 Å². The van der Waals surface area contributed by atoms with Crippen molar-refractivity contribution in [1.82, 2.24) is 0 Å². The van der Waals surface area contributed by atoms with Gasteiger partial charge in [0.05, 0.1) is 5.69 Å².